The number of carboxylic acid groups (broad SMARTS) is 1. The fourth-order valence-corrected chi connectivity index (χ4v) is 3.82. The van der Waals surface area contributed by atoms with E-state index in [0.717, 1.165) is 0 Å². The van der Waals surface area contributed by atoms with Gasteiger partial charge in [0.1, 0.15) is 11.0 Å². The molecule has 2 aromatic carbocycles. The van der Waals surface area contributed by atoms with Crippen molar-refractivity contribution >= 4 is 45.9 Å². The molecule has 1 N–H and O–H groups in total. The van der Waals surface area contributed by atoms with Crippen LogP contribution in [0.3, 0.4) is 0 Å². The molecule has 0 spiro atoms. The fraction of sp³-hybridized carbons (Fsp3) is 0.222. The number of carboxylic acids is 1. The van der Waals surface area contributed by atoms with E-state index < -0.39 is 18.0 Å². The van der Waals surface area contributed by atoms with E-state index in [1.54, 1.807) is 0 Å². The molecule has 0 radical (unpaired) electrons. The summed E-state index contributed by atoms with van der Waals surface area (Å²) in [4.78, 5) is 17.9. The minimum absolute atomic E-state index is 0.0573. The van der Waals surface area contributed by atoms with Gasteiger partial charge in [-0.05, 0) is 30.3 Å². The van der Waals surface area contributed by atoms with E-state index in [2.05, 4.69) is 15.4 Å². The van der Waals surface area contributed by atoms with Gasteiger partial charge in [0, 0.05) is 34.6 Å². The summed E-state index contributed by atoms with van der Waals surface area (Å²) in [6.07, 6.45) is -3.23. The molecule has 150 valence electrons. The van der Waals surface area contributed by atoms with E-state index in [1.807, 2.05) is 0 Å². The molecular formula is C18H12Cl2F2N4O3. The van der Waals surface area contributed by atoms with Crippen molar-refractivity contribution in [3.8, 4) is 0 Å². The van der Waals surface area contributed by atoms with Crippen molar-refractivity contribution in [2.45, 2.75) is 18.4 Å². The van der Waals surface area contributed by atoms with Crippen LogP contribution in [-0.2, 0) is 17.5 Å². The van der Waals surface area contributed by atoms with Crippen molar-refractivity contribution in [1.29, 1.82) is 0 Å². The summed E-state index contributed by atoms with van der Waals surface area (Å²) < 4.78 is 28.3. The van der Waals surface area contributed by atoms with Crippen molar-refractivity contribution in [3.05, 3.63) is 57.1 Å². The average Bonchev–Trinajstić information content (AvgIpc) is 3.24. The van der Waals surface area contributed by atoms with E-state index in [-0.39, 0.29) is 44.3 Å². The first-order valence-electron chi connectivity index (χ1n) is 8.29. The Morgan fingerprint density at radius 1 is 1.21 bits per heavy atom. The fourth-order valence-electron chi connectivity index (χ4n) is 3.29. The lowest BCUT2D eigenvalue weighted by Crippen LogP contribution is -2.35. The third kappa shape index (κ3) is 3.20. The number of aromatic nitrogens is 3. The molecule has 1 aliphatic heterocycles. The number of aryl methyl sites for hydroxylation is 1. The minimum atomic E-state index is -2.94. The van der Waals surface area contributed by atoms with Crippen LogP contribution in [0.25, 0.3) is 11.0 Å². The second-order valence-corrected chi connectivity index (χ2v) is 7.38. The maximum atomic E-state index is 14.1. The van der Waals surface area contributed by atoms with Crippen molar-refractivity contribution in [2.75, 3.05) is 0 Å². The average molecular weight is 441 g/mol. The van der Waals surface area contributed by atoms with Gasteiger partial charge in [0.05, 0.1) is 11.3 Å². The number of oxime groups is 1. The third-order valence-corrected chi connectivity index (χ3v) is 5.07. The van der Waals surface area contributed by atoms with Gasteiger partial charge < -0.3 is 9.94 Å². The van der Waals surface area contributed by atoms with E-state index >= 15 is 0 Å². The predicted octanol–water partition coefficient (Wildman–Crippen LogP) is 4.26. The third-order valence-electron chi connectivity index (χ3n) is 4.63. The van der Waals surface area contributed by atoms with Crippen LogP contribution in [0.1, 0.15) is 27.9 Å². The predicted molar refractivity (Wildman–Crippen MR) is 102 cm³/mol. The molecule has 1 unspecified atom stereocenters. The lowest BCUT2D eigenvalue weighted by atomic mass is 9.87. The number of rotatable bonds is 4. The molecule has 1 atom stereocenters. The zero-order valence-electron chi connectivity index (χ0n) is 14.7. The van der Waals surface area contributed by atoms with Gasteiger partial charge in [-0.25, -0.2) is 13.6 Å². The molecule has 0 fully saturated rings. The van der Waals surface area contributed by atoms with Gasteiger partial charge in [0.2, 0.25) is 5.60 Å². The summed E-state index contributed by atoms with van der Waals surface area (Å²) in [6.45, 7) is 0. The van der Waals surface area contributed by atoms with E-state index in [4.69, 9.17) is 28.0 Å². The Morgan fingerprint density at radius 3 is 2.48 bits per heavy atom. The highest BCUT2D eigenvalue weighted by Gasteiger charge is 2.50. The molecule has 3 aromatic rings. The molecule has 4 rings (SSSR count). The molecular weight excluding hydrogens is 429 g/mol. The van der Waals surface area contributed by atoms with E-state index in [0.29, 0.717) is 5.56 Å². The summed E-state index contributed by atoms with van der Waals surface area (Å²) in [5.41, 5.74) is -1.16. The molecule has 0 saturated heterocycles. The Bertz CT molecular complexity index is 1160. The SMILES string of the molecule is Cn1nc2c(C(=O)O)ccc(C3=NOC(c4cc(Cl)cc(Cl)c4)(C(F)F)C3)c2n1. The maximum absolute atomic E-state index is 14.1. The first-order chi connectivity index (χ1) is 13.7. The van der Waals surface area contributed by atoms with Gasteiger partial charge in [-0.1, -0.05) is 28.4 Å². The van der Waals surface area contributed by atoms with Crippen molar-refractivity contribution in [2.24, 2.45) is 12.2 Å². The second-order valence-electron chi connectivity index (χ2n) is 6.51. The zero-order valence-corrected chi connectivity index (χ0v) is 16.2. The topological polar surface area (TPSA) is 89.6 Å². The first-order valence-corrected chi connectivity index (χ1v) is 9.04. The van der Waals surface area contributed by atoms with Crippen molar-refractivity contribution < 1.29 is 23.5 Å². The zero-order chi connectivity index (χ0) is 20.9. The number of benzene rings is 2. The molecule has 7 nitrogen and oxygen atoms in total. The van der Waals surface area contributed by atoms with Crippen LogP contribution in [0.4, 0.5) is 8.78 Å². The highest BCUT2D eigenvalue weighted by atomic mass is 35.5. The molecule has 0 amide bonds. The standard InChI is InChI=1S/C18H12Cl2F2N4O3/c1-26-23-14-11(2-3-12(16(27)28)15(14)24-26)13-7-18(17(21)22,29-25-13)8-4-9(19)6-10(20)5-8/h2-6,17H,7H2,1H3,(H,27,28). The summed E-state index contributed by atoms with van der Waals surface area (Å²) in [5, 5.41) is 21.8. The number of fused-ring (bicyclic) bond motifs is 1. The summed E-state index contributed by atoms with van der Waals surface area (Å²) in [5.74, 6) is -1.18. The highest BCUT2D eigenvalue weighted by molar-refractivity contribution is 6.34. The summed E-state index contributed by atoms with van der Waals surface area (Å²) in [6, 6.07) is 6.91. The quantitative estimate of drug-likeness (QED) is 0.654. The number of carbonyl (C=O) groups is 1. The Balaban J connectivity index is 1.81. The lowest BCUT2D eigenvalue weighted by molar-refractivity contribution is -0.129. The lowest BCUT2D eigenvalue weighted by Gasteiger charge is -2.26. The first kappa shape index (κ1) is 19.5. The molecule has 0 bridgehead atoms. The molecule has 11 heteroatoms. The van der Waals surface area contributed by atoms with Crippen molar-refractivity contribution in [3.63, 3.8) is 0 Å². The number of hydrogen-bond acceptors (Lipinski definition) is 5. The molecule has 1 aromatic heterocycles. The Morgan fingerprint density at radius 2 is 1.86 bits per heavy atom. The number of halogens is 4. The normalized spacial score (nSPS) is 18.9. The number of hydrogen-bond donors (Lipinski definition) is 1. The minimum Gasteiger partial charge on any atom is -0.478 e. The van der Waals surface area contributed by atoms with Gasteiger partial charge >= 0.3 is 5.97 Å². The van der Waals surface area contributed by atoms with Crippen LogP contribution < -0.4 is 0 Å². The Kier molecular flexibility index (Phi) is 4.66. The molecule has 29 heavy (non-hydrogen) atoms. The van der Waals surface area contributed by atoms with Gasteiger partial charge in [0.25, 0.3) is 6.43 Å². The van der Waals surface area contributed by atoms with Crippen LogP contribution in [0, 0.1) is 0 Å². The van der Waals surface area contributed by atoms with Gasteiger partial charge in [-0.2, -0.15) is 15.0 Å². The van der Waals surface area contributed by atoms with Gasteiger partial charge in [0.15, 0.2) is 0 Å². The molecule has 1 aliphatic rings. The smallest absolute Gasteiger partial charge is 0.338 e. The van der Waals surface area contributed by atoms with Crippen LogP contribution in [-0.4, -0.2) is 38.2 Å². The summed E-state index contributed by atoms with van der Waals surface area (Å²) >= 11 is 12.0. The van der Waals surface area contributed by atoms with Crippen LogP contribution in [0.2, 0.25) is 10.0 Å². The monoisotopic (exact) mass is 440 g/mol. The molecule has 0 aliphatic carbocycles. The Labute approximate surface area is 172 Å². The van der Waals surface area contributed by atoms with Crippen LogP contribution in [0.15, 0.2) is 35.5 Å². The molecule has 2 heterocycles. The maximum Gasteiger partial charge on any atom is 0.338 e. The van der Waals surface area contributed by atoms with Crippen LogP contribution in [0.5, 0.6) is 0 Å². The number of alkyl halides is 2. The van der Waals surface area contributed by atoms with E-state index in [9.17, 15) is 18.7 Å². The highest BCUT2D eigenvalue weighted by Crippen LogP contribution is 2.43. The van der Waals surface area contributed by atoms with Crippen molar-refractivity contribution in [1.82, 2.24) is 15.0 Å². The Hall–Kier alpha value is -2.78. The number of nitrogens with zero attached hydrogens (tertiary/aromatic N) is 4. The number of aromatic carboxylic acids is 1. The largest absolute Gasteiger partial charge is 0.478 e. The summed E-state index contributed by atoms with van der Waals surface area (Å²) in [7, 11) is 1.53. The second kappa shape index (κ2) is 6.93. The van der Waals surface area contributed by atoms with Crippen LogP contribution >= 0.6 is 23.2 Å². The van der Waals surface area contributed by atoms with E-state index in [1.165, 1.54) is 42.2 Å². The molecule has 0 saturated carbocycles. The van der Waals surface area contributed by atoms with Gasteiger partial charge in [-0.3, -0.25) is 0 Å². The van der Waals surface area contributed by atoms with Gasteiger partial charge in [-0.15, -0.1) is 0 Å².